The van der Waals surface area contributed by atoms with Gasteiger partial charge in [0.15, 0.2) is 0 Å². The van der Waals surface area contributed by atoms with E-state index in [0.717, 1.165) is 19.2 Å². The molecule has 76 valence electrons. The smallest absolute Gasteiger partial charge is 0.118 e. The van der Waals surface area contributed by atoms with Crippen LogP contribution in [0.15, 0.2) is 46.7 Å². The molecule has 1 aromatic heterocycles. The maximum Gasteiger partial charge on any atom is 0.118 e. The zero-order valence-corrected chi connectivity index (χ0v) is 10.7. The van der Waals surface area contributed by atoms with Crippen LogP contribution < -0.4 is 5.73 Å². The van der Waals surface area contributed by atoms with Crippen molar-refractivity contribution in [2.45, 2.75) is 9.92 Å². The number of aromatic nitrogens is 2. The van der Waals surface area contributed by atoms with Crippen LogP contribution in [0, 0.1) is 3.57 Å². The van der Waals surface area contributed by atoms with Crippen molar-refractivity contribution in [3.8, 4) is 0 Å². The van der Waals surface area contributed by atoms with Gasteiger partial charge in [0, 0.05) is 16.8 Å². The molecule has 5 heteroatoms. The number of benzene rings is 1. The van der Waals surface area contributed by atoms with Crippen LogP contribution in [-0.2, 0) is 0 Å². The van der Waals surface area contributed by atoms with Crippen molar-refractivity contribution in [3.05, 3.63) is 40.4 Å². The lowest BCUT2D eigenvalue weighted by atomic mass is 10.3. The number of nitrogens with zero attached hydrogens (tertiary/aromatic N) is 2. The van der Waals surface area contributed by atoms with Gasteiger partial charge in [-0.05, 0) is 46.9 Å². The Morgan fingerprint density at radius 1 is 1.20 bits per heavy atom. The highest BCUT2D eigenvalue weighted by atomic mass is 127. The fraction of sp³-hybridized carbons (Fsp3) is 0. The molecule has 0 spiro atoms. The zero-order valence-electron chi connectivity index (χ0n) is 7.72. The average molecular weight is 329 g/mol. The number of nitrogens with two attached hydrogens (primary N) is 1. The normalized spacial score (nSPS) is 10.2. The highest BCUT2D eigenvalue weighted by Gasteiger charge is 2.02. The second-order valence-corrected chi connectivity index (χ2v) is 5.07. The summed E-state index contributed by atoms with van der Waals surface area (Å²) in [4.78, 5) is 9.28. The van der Waals surface area contributed by atoms with Gasteiger partial charge in [0.2, 0.25) is 0 Å². The number of hydrogen-bond acceptors (Lipinski definition) is 4. The van der Waals surface area contributed by atoms with Crippen molar-refractivity contribution in [2.75, 3.05) is 5.73 Å². The van der Waals surface area contributed by atoms with E-state index in [0.29, 0.717) is 0 Å². The molecule has 0 aliphatic heterocycles. The fourth-order valence-electron chi connectivity index (χ4n) is 1.02. The number of anilines is 1. The summed E-state index contributed by atoms with van der Waals surface area (Å²) in [5.74, 6) is 0. The second kappa shape index (κ2) is 4.80. The van der Waals surface area contributed by atoms with Gasteiger partial charge in [-0.25, -0.2) is 9.97 Å². The minimum absolute atomic E-state index is 0.775. The Morgan fingerprint density at radius 2 is 1.93 bits per heavy atom. The minimum atomic E-state index is 0.775. The van der Waals surface area contributed by atoms with Crippen molar-refractivity contribution in [2.24, 2.45) is 0 Å². The van der Waals surface area contributed by atoms with E-state index in [2.05, 4.69) is 32.6 Å². The second-order valence-electron chi connectivity index (χ2n) is 2.85. The van der Waals surface area contributed by atoms with Crippen LogP contribution in [0.4, 0.5) is 5.69 Å². The molecule has 1 heterocycles. The maximum atomic E-state index is 5.61. The molecule has 0 unspecified atom stereocenters. The molecule has 15 heavy (non-hydrogen) atoms. The van der Waals surface area contributed by atoms with E-state index >= 15 is 0 Å². The average Bonchev–Trinajstić information content (AvgIpc) is 2.25. The highest BCUT2D eigenvalue weighted by Crippen LogP contribution is 2.29. The molecule has 0 amide bonds. The summed E-state index contributed by atoms with van der Waals surface area (Å²) in [6.07, 6.45) is 3.36. The molecular weight excluding hydrogens is 321 g/mol. The summed E-state index contributed by atoms with van der Waals surface area (Å²) in [5.41, 5.74) is 6.39. The van der Waals surface area contributed by atoms with Crippen LogP contribution in [0.25, 0.3) is 0 Å². The lowest BCUT2D eigenvalue weighted by Gasteiger charge is -2.02. The molecule has 0 saturated carbocycles. The summed E-state index contributed by atoms with van der Waals surface area (Å²) < 4.78 is 1.05. The monoisotopic (exact) mass is 329 g/mol. The number of nitrogen functional groups attached to an aromatic ring is 1. The number of halogens is 1. The van der Waals surface area contributed by atoms with Crippen molar-refractivity contribution in [1.29, 1.82) is 0 Å². The fourth-order valence-corrected chi connectivity index (χ4v) is 2.40. The largest absolute Gasteiger partial charge is 0.399 e. The standard InChI is InChI=1S/C10H8IN3S/c11-9-5-13-6-14-10(9)15-8-3-1-7(12)2-4-8/h1-6H,12H2. The Labute approximate surface area is 106 Å². The number of rotatable bonds is 2. The van der Waals surface area contributed by atoms with Crippen LogP contribution in [0.1, 0.15) is 0 Å². The summed E-state index contributed by atoms with van der Waals surface area (Å²) in [6, 6.07) is 7.74. The van der Waals surface area contributed by atoms with Gasteiger partial charge in [0.1, 0.15) is 11.4 Å². The maximum absolute atomic E-state index is 5.61. The topological polar surface area (TPSA) is 51.8 Å². The van der Waals surface area contributed by atoms with Crippen molar-refractivity contribution < 1.29 is 0 Å². The van der Waals surface area contributed by atoms with E-state index in [1.54, 1.807) is 24.3 Å². The van der Waals surface area contributed by atoms with E-state index in [1.807, 2.05) is 24.3 Å². The van der Waals surface area contributed by atoms with Crippen LogP contribution in [0.3, 0.4) is 0 Å². The molecule has 0 atom stereocenters. The Hall–Kier alpha value is -0.820. The van der Waals surface area contributed by atoms with Crippen LogP contribution >= 0.6 is 34.4 Å². The van der Waals surface area contributed by atoms with Crippen molar-refractivity contribution >= 4 is 40.0 Å². The van der Waals surface area contributed by atoms with Gasteiger partial charge in [-0.3, -0.25) is 0 Å². The predicted molar refractivity (Wildman–Crippen MR) is 69.7 cm³/mol. The van der Waals surface area contributed by atoms with E-state index in [-0.39, 0.29) is 0 Å². The van der Waals surface area contributed by atoms with Gasteiger partial charge in [-0.1, -0.05) is 11.8 Å². The first-order valence-electron chi connectivity index (χ1n) is 4.24. The Morgan fingerprint density at radius 3 is 2.60 bits per heavy atom. The minimum Gasteiger partial charge on any atom is -0.399 e. The van der Waals surface area contributed by atoms with Crippen molar-refractivity contribution in [3.63, 3.8) is 0 Å². The molecule has 1 aromatic carbocycles. The molecule has 0 fully saturated rings. The van der Waals surface area contributed by atoms with Crippen molar-refractivity contribution in [1.82, 2.24) is 9.97 Å². The van der Waals surface area contributed by atoms with E-state index in [4.69, 9.17) is 5.73 Å². The lowest BCUT2D eigenvalue weighted by Crippen LogP contribution is -1.87. The van der Waals surface area contributed by atoms with E-state index in [1.165, 1.54) is 0 Å². The first-order chi connectivity index (χ1) is 7.25. The zero-order chi connectivity index (χ0) is 10.7. The van der Waals surface area contributed by atoms with Gasteiger partial charge in [0.25, 0.3) is 0 Å². The molecule has 2 N–H and O–H groups in total. The SMILES string of the molecule is Nc1ccc(Sc2ncncc2I)cc1. The Kier molecular flexibility index (Phi) is 3.42. The van der Waals surface area contributed by atoms with E-state index in [9.17, 15) is 0 Å². The molecular formula is C10H8IN3S. The molecule has 0 aliphatic carbocycles. The molecule has 0 radical (unpaired) electrons. The molecule has 0 saturated heterocycles. The molecule has 0 bridgehead atoms. The summed E-state index contributed by atoms with van der Waals surface area (Å²) >= 11 is 3.83. The first-order valence-corrected chi connectivity index (χ1v) is 6.14. The lowest BCUT2D eigenvalue weighted by molar-refractivity contribution is 1.02. The third kappa shape index (κ3) is 2.82. The predicted octanol–water partition coefficient (Wildman–Crippen LogP) is 2.81. The van der Waals surface area contributed by atoms with Crippen LogP contribution in [0.2, 0.25) is 0 Å². The van der Waals surface area contributed by atoms with Gasteiger partial charge >= 0.3 is 0 Å². The molecule has 2 rings (SSSR count). The van der Waals surface area contributed by atoms with Gasteiger partial charge in [-0.2, -0.15) is 0 Å². The third-order valence-corrected chi connectivity index (χ3v) is 3.91. The van der Waals surface area contributed by atoms with Crippen LogP contribution in [-0.4, -0.2) is 9.97 Å². The van der Waals surface area contributed by atoms with Gasteiger partial charge in [-0.15, -0.1) is 0 Å². The molecule has 3 nitrogen and oxygen atoms in total. The quantitative estimate of drug-likeness (QED) is 0.523. The molecule has 0 aliphatic rings. The summed E-state index contributed by atoms with van der Waals surface area (Å²) in [5, 5.41) is 0.968. The first kappa shape index (κ1) is 10.7. The van der Waals surface area contributed by atoms with Crippen LogP contribution in [0.5, 0.6) is 0 Å². The summed E-state index contributed by atoms with van der Waals surface area (Å²) in [6.45, 7) is 0. The Balaban J connectivity index is 2.22. The van der Waals surface area contributed by atoms with Gasteiger partial charge in [0.05, 0.1) is 3.57 Å². The summed E-state index contributed by atoms with van der Waals surface area (Å²) in [7, 11) is 0. The number of hydrogen-bond donors (Lipinski definition) is 1. The third-order valence-electron chi connectivity index (χ3n) is 1.73. The highest BCUT2D eigenvalue weighted by molar-refractivity contribution is 14.1. The molecule has 2 aromatic rings. The Bertz CT molecular complexity index is 458. The van der Waals surface area contributed by atoms with Gasteiger partial charge < -0.3 is 5.73 Å². The van der Waals surface area contributed by atoms with E-state index < -0.39 is 0 Å².